The first-order chi connectivity index (χ1) is 8.58. The molecule has 7 heteroatoms. The molecule has 0 fully saturated rings. The lowest BCUT2D eigenvalue weighted by Crippen LogP contribution is -2.23. The highest BCUT2D eigenvalue weighted by Gasteiger charge is 2.15. The van der Waals surface area contributed by atoms with Crippen molar-refractivity contribution in [2.24, 2.45) is 7.05 Å². The first-order valence-corrected chi connectivity index (χ1v) is 5.21. The van der Waals surface area contributed by atoms with Gasteiger partial charge in [-0.3, -0.25) is 9.48 Å². The molecule has 1 aromatic carbocycles. The second-order valence-corrected chi connectivity index (χ2v) is 3.69. The summed E-state index contributed by atoms with van der Waals surface area (Å²) in [6.45, 7) is 0.118. The Kier molecular flexibility index (Phi) is 3.13. The zero-order chi connectivity index (χ0) is 13.1. The SMILES string of the molecule is Cn1cnc(CNC(=O)c2c(O)cccc2O)n1. The molecule has 0 unspecified atom stereocenters. The molecule has 0 aliphatic carbocycles. The standard InChI is InChI=1S/C11H12N4O3/c1-15-6-13-9(14-15)5-12-11(18)10-7(16)3-2-4-8(10)17/h2-4,6,16-17H,5H2,1H3,(H,12,18). The maximum atomic E-state index is 11.8. The number of carbonyl (C=O) groups excluding carboxylic acids is 1. The van der Waals surface area contributed by atoms with E-state index in [4.69, 9.17) is 0 Å². The number of benzene rings is 1. The highest BCUT2D eigenvalue weighted by molar-refractivity contribution is 5.99. The molecule has 0 spiro atoms. The van der Waals surface area contributed by atoms with Gasteiger partial charge in [0.1, 0.15) is 23.4 Å². The molecule has 0 saturated heterocycles. The number of hydrogen-bond donors (Lipinski definition) is 3. The van der Waals surface area contributed by atoms with Crippen LogP contribution < -0.4 is 5.32 Å². The van der Waals surface area contributed by atoms with Gasteiger partial charge in [-0.25, -0.2) is 4.98 Å². The Labute approximate surface area is 103 Å². The number of rotatable bonds is 3. The number of amides is 1. The van der Waals surface area contributed by atoms with Crippen LogP contribution in [0.2, 0.25) is 0 Å². The topological polar surface area (TPSA) is 100 Å². The van der Waals surface area contributed by atoms with Gasteiger partial charge in [0.15, 0.2) is 5.82 Å². The van der Waals surface area contributed by atoms with Crippen molar-refractivity contribution >= 4 is 5.91 Å². The first kappa shape index (κ1) is 11.9. The summed E-state index contributed by atoms with van der Waals surface area (Å²) in [5, 5.41) is 25.5. The van der Waals surface area contributed by atoms with Crippen LogP contribution in [0.4, 0.5) is 0 Å². The van der Waals surface area contributed by atoms with Gasteiger partial charge in [0, 0.05) is 7.05 Å². The highest BCUT2D eigenvalue weighted by Crippen LogP contribution is 2.25. The van der Waals surface area contributed by atoms with Gasteiger partial charge in [-0.2, -0.15) is 5.10 Å². The number of carbonyl (C=O) groups is 1. The van der Waals surface area contributed by atoms with Crippen LogP contribution >= 0.6 is 0 Å². The molecule has 0 aliphatic heterocycles. The van der Waals surface area contributed by atoms with Crippen molar-refractivity contribution in [2.45, 2.75) is 6.54 Å². The van der Waals surface area contributed by atoms with Crippen molar-refractivity contribution in [3.05, 3.63) is 35.9 Å². The van der Waals surface area contributed by atoms with E-state index in [1.807, 2.05) is 0 Å². The Morgan fingerprint density at radius 3 is 2.61 bits per heavy atom. The Hall–Kier alpha value is -2.57. The van der Waals surface area contributed by atoms with Crippen molar-refractivity contribution in [2.75, 3.05) is 0 Å². The molecule has 94 valence electrons. The predicted molar refractivity (Wildman–Crippen MR) is 61.9 cm³/mol. The zero-order valence-corrected chi connectivity index (χ0v) is 9.66. The maximum Gasteiger partial charge on any atom is 0.259 e. The molecule has 1 heterocycles. The van der Waals surface area contributed by atoms with E-state index < -0.39 is 5.91 Å². The van der Waals surface area contributed by atoms with Crippen molar-refractivity contribution < 1.29 is 15.0 Å². The third-order valence-electron chi connectivity index (χ3n) is 2.30. The minimum atomic E-state index is -0.585. The fourth-order valence-corrected chi connectivity index (χ4v) is 1.47. The number of hydrogen-bond acceptors (Lipinski definition) is 5. The van der Waals surface area contributed by atoms with Gasteiger partial charge < -0.3 is 15.5 Å². The van der Waals surface area contributed by atoms with E-state index in [0.29, 0.717) is 5.82 Å². The number of nitrogens with one attached hydrogen (secondary N) is 1. The van der Waals surface area contributed by atoms with Crippen LogP contribution in [0.15, 0.2) is 24.5 Å². The number of nitrogens with zero attached hydrogens (tertiary/aromatic N) is 3. The second-order valence-electron chi connectivity index (χ2n) is 3.69. The average molecular weight is 248 g/mol. The fourth-order valence-electron chi connectivity index (χ4n) is 1.47. The molecule has 0 atom stereocenters. The Balaban J connectivity index is 2.08. The van der Waals surface area contributed by atoms with Gasteiger partial charge in [-0.15, -0.1) is 0 Å². The molecule has 0 bridgehead atoms. The molecule has 7 nitrogen and oxygen atoms in total. The number of aromatic nitrogens is 3. The van der Waals surface area contributed by atoms with Crippen LogP contribution in [0, 0.1) is 0 Å². The van der Waals surface area contributed by atoms with E-state index in [-0.39, 0.29) is 23.6 Å². The monoisotopic (exact) mass is 248 g/mol. The van der Waals surface area contributed by atoms with Gasteiger partial charge in [0.2, 0.25) is 0 Å². The van der Waals surface area contributed by atoms with E-state index in [1.54, 1.807) is 7.05 Å². The molecule has 0 aliphatic rings. The lowest BCUT2D eigenvalue weighted by molar-refractivity contribution is 0.0944. The van der Waals surface area contributed by atoms with E-state index in [0.717, 1.165) is 0 Å². The lowest BCUT2D eigenvalue weighted by Gasteiger charge is -2.06. The first-order valence-electron chi connectivity index (χ1n) is 5.21. The van der Waals surface area contributed by atoms with Gasteiger partial charge >= 0.3 is 0 Å². The van der Waals surface area contributed by atoms with E-state index in [2.05, 4.69) is 15.4 Å². The summed E-state index contributed by atoms with van der Waals surface area (Å²) < 4.78 is 1.51. The molecule has 3 N–H and O–H groups in total. The summed E-state index contributed by atoms with van der Waals surface area (Å²) in [5.74, 6) is -0.693. The molecule has 2 aromatic rings. The third kappa shape index (κ3) is 2.40. The molecule has 2 rings (SSSR count). The molecular formula is C11H12N4O3. The molecule has 1 aromatic heterocycles. The van der Waals surface area contributed by atoms with Crippen LogP contribution in [0.3, 0.4) is 0 Å². The van der Waals surface area contributed by atoms with Crippen LogP contribution in [0.25, 0.3) is 0 Å². The molecule has 1 amide bonds. The summed E-state index contributed by atoms with van der Waals surface area (Å²) in [4.78, 5) is 15.7. The third-order valence-corrected chi connectivity index (χ3v) is 2.30. The van der Waals surface area contributed by atoms with Crippen molar-refractivity contribution in [1.82, 2.24) is 20.1 Å². The van der Waals surface area contributed by atoms with Crippen LogP contribution in [-0.4, -0.2) is 30.9 Å². The van der Waals surface area contributed by atoms with Gasteiger partial charge in [0.05, 0.1) is 6.54 Å². The summed E-state index contributed by atoms with van der Waals surface area (Å²) in [6.07, 6.45) is 1.51. The van der Waals surface area contributed by atoms with Crippen LogP contribution in [-0.2, 0) is 13.6 Å². The van der Waals surface area contributed by atoms with Crippen molar-refractivity contribution in [3.8, 4) is 11.5 Å². The summed E-state index contributed by atoms with van der Waals surface area (Å²) >= 11 is 0. The minimum absolute atomic E-state index is 0.118. The van der Waals surface area contributed by atoms with Crippen molar-refractivity contribution in [3.63, 3.8) is 0 Å². The molecular weight excluding hydrogens is 236 g/mol. The van der Waals surface area contributed by atoms with Crippen molar-refractivity contribution in [1.29, 1.82) is 0 Å². The summed E-state index contributed by atoms with van der Waals surface area (Å²) in [7, 11) is 1.72. The van der Waals surface area contributed by atoms with Crippen LogP contribution in [0.5, 0.6) is 11.5 Å². The van der Waals surface area contributed by atoms with E-state index >= 15 is 0 Å². The minimum Gasteiger partial charge on any atom is -0.507 e. The van der Waals surface area contributed by atoms with Gasteiger partial charge in [0.25, 0.3) is 5.91 Å². The number of phenols is 2. The normalized spacial score (nSPS) is 10.3. The predicted octanol–water partition coefficient (Wildman–Crippen LogP) is 0.156. The Bertz CT molecular complexity index is 559. The highest BCUT2D eigenvalue weighted by atomic mass is 16.3. The number of aryl methyl sites for hydroxylation is 1. The number of phenolic OH excluding ortho intramolecular Hbond substituents is 2. The zero-order valence-electron chi connectivity index (χ0n) is 9.66. The fraction of sp³-hybridized carbons (Fsp3) is 0.182. The Morgan fingerprint density at radius 1 is 1.39 bits per heavy atom. The lowest BCUT2D eigenvalue weighted by atomic mass is 10.1. The van der Waals surface area contributed by atoms with E-state index in [1.165, 1.54) is 29.2 Å². The molecule has 0 saturated carbocycles. The number of aromatic hydroxyl groups is 2. The molecule has 18 heavy (non-hydrogen) atoms. The summed E-state index contributed by atoms with van der Waals surface area (Å²) in [5.41, 5.74) is -0.159. The maximum absolute atomic E-state index is 11.8. The van der Waals surface area contributed by atoms with E-state index in [9.17, 15) is 15.0 Å². The quantitative estimate of drug-likeness (QED) is 0.718. The second kappa shape index (κ2) is 4.74. The van der Waals surface area contributed by atoms with Gasteiger partial charge in [-0.05, 0) is 12.1 Å². The Morgan fingerprint density at radius 2 is 2.06 bits per heavy atom. The largest absolute Gasteiger partial charge is 0.507 e. The van der Waals surface area contributed by atoms with Gasteiger partial charge in [-0.1, -0.05) is 6.07 Å². The van der Waals surface area contributed by atoms with Crippen LogP contribution in [0.1, 0.15) is 16.2 Å². The average Bonchev–Trinajstić information content (AvgIpc) is 2.72. The smallest absolute Gasteiger partial charge is 0.259 e. The summed E-state index contributed by atoms with van der Waals surface area (Å²) in [6, 6.07) is 4.10. The molecule has 0 radical (unpaired) electrons.